The lowest BCUT2D eigenvalue weighted by atomic mass is 9.76. The van der Waals surface area contributed by atoms with Gasteiger partial charge in [-0.2, -0.15) is 0 Å². The molecular formula is C19H39NO4. The average Bonchev–Trinajstić information content (AvgIpc) is 2.58. The number of carbonyl (C=O) groups is 2. The van der Waals surface area contributed by atoms with E-state index in [1.165, 1.54) is 19.3 Å². The molecule has 0 aliphatic heterocycles. The lowest BCUT2D eigenvalue weighted by molar-refractivity contribution is -0.156. The summed E-state index contributed by atoms with van der Waals surface area (Å²) in [6.07, 6.45) is 7.12. The summed E-state index contributed by atoms with van der Waals surface area (Å²) in [5, 5.41) is 0. The van der Waals surface area contributed by atoms with Crippen molar-refractivity contribution >= 4 is 11.9 Å². The Morgan fingerprint density at radius 2 is 1.62 bits per heavy atom. The summed E-state index contributed by atoms with van der Waals surface area (Å²) in [5.74, 6) is 0.209. The van der Waals surface area contributed by atoms with Crippen molar-refractivity contribution in [3.8, 4) is 0 Å². The van der Waals surface area contributed by atoms with Gasteiger partial charge in [0, 0.05) is 6.42 Å². The number of esters is 2. The molecule has 1 rings (SSSR count). The molecule has 0 aromatic rings. The fourth-order valence-electron chi connectivity index (χ4n) is 2.42. The zero-order valence-corrected chi connectivity index (χ0v) is 16.7. The molecule has 1 fully saturated rings. The third kappa shape index (κ3) is 11.4. The molecule has 0 aromatic carbocycles. The van der Waals surface area contributed by atoms with Crippen LogP contribution in [0.2, 0.25) is 0 Å². The van der Waals surface area contributed by atoms with Crippen LogP contribution in [0, 0.1) is 11.3 Å². The van der Waals surface area contributed by atoms with E-state index in [0.29, 0.717) is 18.9 Å². The van der Waals surface area contributed by atoms with Gasteiger partial charge in [-0.1, -0.05) is 53.4 Å². The van der Waals surface area contributed by atoms with Gasteiger partial charge in [-0.3, -0.25) is 15.3 Å². The molecule has 144 valence electrons. The minimum absolute atomic E-state index is 0.00435. The van der Waals surface area contributed by atoms with E-state index in [2.05, 4.69) is 4.74 Å². The molecule has 0 radical (unpaired) electrons. The Morgan fingerprint density at radius 3 is 2.04 bits per heavy atom. The predicted molar refractivity (Wildman–Crippen MR) is 98.4 cm³/mol. The summed E-state index contributed by atoms with van der Waals surface area (Å²) >= 11 is 0. The van der Waals surface area contributed by atoms with Gasteiger partial charge in [0.05, 0.1) is 12.0 Å². The lowest BCUT2D eigenvalue weighted by Crippen LogP contribution is -2.31. The molecule has 0 aromatic heterocycles. The Kier molecular flexibility index (Phi) is 16.2. The second kappa shape index (κ2) is 15.4. The largest absolute Gasteiger partial charge is 0.466 e. The topological polar surface area (TPSA) is 78.6 Å². The van der Waals surface area contributed by atoms with Crippen molar-refractivity contribution in [2.45, 2.75) is 86.5 Å². The standard InChI is InChI=1S/C10H18O2.C7H15NO2.C2H6/c1-3-12-9(11)10(2)7-5-4-6-8-10;1-3-6(2)4-7(9)10-5-8;1-2/h3-8H2,1-2H3;6H,3-5,8H2,1-2H3;1-2H3. The Hall–Kier alpha value is -1.10. The van der Waals surface area contributed by atoms with Crippen LogP contribution in [0.5, 0.6) is 0 Å². The third-order valence-corrected chi connectivity index (χ3v) is 4.18. The second-order valence-corrected chi connectivity index (χ2v) is 6.24. The van der Waals surface area contributed by atoms with Gasteiger partial charge in [0.2, 0.25) is 0 Å². The maximum Gasteiger partial charge on any atom is 0.311 e. The Morgan fingerprint density at radius 1 is 1.08 bits per heavy atom. The number of nitrogens with two attached hydrogens (primary N) is 1. The number of hydrogen-bond donors (Lipinski definition) is 1. The monoisotopic (exact) mass is 345 g/mol. The van der Waals surface area contributed by atoms with E-state index >= 15 is 0 Å². The number of hydrogen-bond acceptors (Lipinski definition) is 5. The van der Waals surface area contributed by atoms with Crippen LogP contribution in [-0.2, 0) is 19.1 Å². The van der Waals surface area contributed by atoms with E-state index in [1.54, 1.807) is 0 Å². The fraction of sp³-hybridized carbons (Fsp3) is 0.895. The zero-order valence-electron chi connectivity index (χ0n) is 16.7. The Balaban J connectivity index is 0. The minimum Gasteiger partial charge on any atom is -0.466 e. The van der Waals surface area contributed by atoms with Crippen LogP contribution in [0.1, 0.15) is 86.5 Å². The SMILES string of the molecule is CC.CCC(C)CC(=O)OCN.CCOC(=O)C1(C)CCCCC1. The van der Waals surface area contributed by atoms with E-state index < -0.39 is 0 Å². The molecule has 0 bridgehead atoms. The molecule has 0 saturated heterocycles. The van der Waals surface area contributed by atoms with Crippen LogP contribution >= 0.6 is 0 Å². The molecule has 24 heavy (non-hydrogen) atoms. The van der Waals surface area contributed by atoms with Gasteiger partial charge in [-0.25, -0.2) is 0 Å². The summed E-state index contributed by atoms with van der Waals surface area (Å²) < 4.78 is 9.60. The van der Waals surface area contributed by atoms with Gasteiger partial charge < -0.3 is 9.47 Å². The maximum absolute atomic E-state index is 11.5. The maximum atomic E-state index is 11.5. The molecule has 5 nitrogen and oxygen atoms in total. The summed E-state index contributed by atoms with van der Waals surface area (Å²) in [5.41, 5.74) is 4.83. The van der Waals surface area contributed by atoms with Gasteiger partial charge in [0.1, 0.15) is 6.73 Å². The van der Waals surface area contributed by atoms with E-state index in [0.717, 1.165) is 19.3 Å². The normalized spacial score (nSPS) is 16.5. The van der Waals surface area contributed by atoms with Gasteiger partial charge in [-0.05, 0) is 32.6 Å². The van der Waals surface area contributed by atoms with E-state index in [1.807, 2.05) is 41.5 Å². The molecule has 0 heterocycles. The highest BCUT2D eigenvalue weighted by Gasteiger charge is 2.35. The first-order valence-corrected chi connectivity index (χ1v) is 9.42. The van der Waals surface area contributed by atoms with Crippen molar-refractivity contribution in [2.24, 2.45) is 17.1 Å². The molecule has 1 saturated carbocycles. The van der Waals surface area contributed by atoms with Crippen molar-refractivity contribution in [2.75, 3.05) is 13.3 Å². The summed E-state index contributed by atoms with van der Waals surface area (Å²) in [6.45, 7) is 12.5. The Labute approximate surface area is 148 Å². The van der Waals surface area contributed by atoms with Crippen molar-refractivity contribution in [1.82, 2.24) is 0 Å². The van der Waals surface area contributed by atoms with Crippen molar-refractivity contribution < 1.29 is 19.1 Å². The molecule has 0 amide bonds. The molecule has 1 unspecified atom stereocenters. The first-order chi connectivity index (χ1) is 11.4. The number of carbonyl (C=O) groups excluding carboxylic acids is 2. The molecule has 0 spiro atoms. The highest BCUT2D eigenvalue weighted by molar-refractivity contribution is 5.76. The Bertz CT molecular complexity index is 325. The molecule has 1 atom stereocenters. The smallest absolute Gasteiger partial charge is 0.311 e. The summed E-state index contributed by atoms with van der Waals surface area (Å²) in [6, 6.07) is 0. The first-order valence-electron chi connectivity index (χ1n) is 9.42. The summed E-state index contributed by atoms with van der Waals surface area (Å²) in [4.78, 5) is 22.2. The molecular weight excluding hydrogens is 306 g/mol. The van der Waals surface area contributed by atoms with Crippen LogP contribution in [0.25, 0.3) is 0 Å². The van der Waals surface area contributed by atoms with Crippen LogP contribution in [0.15, 0.2) is 0 Å². The van der Waals surface area contributed by atoms with Crippen LogP contribution in [0.3, 0.4) is 0 Å². The van der Waals surface area contributed by atoms with Crippen LogP contribution in [0.4, 0.5) is 0 Å². The summed E-state index contributed by atoms with van der Waals surface area (Å²) in [7, 11) is 0. The predicted octanol–water partition coefficient (Wildman–Crippen LogP) is 4.43. The fourth-order valence-corrected chi connectivity index (χ4v) is 2.42. The van der Waals surface area contributed by atoms with E-state index in [9.17, 15) is 9.59 Å². The highest BCUT2D eigenvalue weighted by atomic mass is 16.5. The first kappa shape index (κ1) is 25.1. The minimum atomic E-state index is -0.197. The average molecular weight is 346 g/mol. The van der Waals surface area contributed by atoms with Gasteiger partial charge >= 0.3 is 11.9 Å². The van der Waals surface area contributed by atoms with Crippen molar-refractivity contribution in [3.05, 3.63) is 0 Å². The van der Waals surface area contributed by atoms with Crippen LogP contribution in [-0.4, -0.2) is 25.3 Å². The van der Waals surface area contributed by atoms with E-state index in [-0.39, 0.29) is 24.1 Å². The molecule has 2 N–H and O–H groups in total. The van der Waals surface area contributed by atoms with E-state index in [4.69, 9.17) is 10.5 Å². The number of ether oxygens (including phenoxy) is 2. The quantitative estimate of drug-likeness (QED) is 0.569. The molecule has 1 aliphatic carbocycles. The van der Waals surface area contributed by atoms with Crippen molar-refractivity contribution in [1.29, 1.82) is 0 Å². The lowest BCUT2D eigenvalue weighted by Gasteiger charge is -2.30. The zero-order chi connectivity index (χ0) is 19.0. The number of rotatable bonds is 6. The van der Waals surface area contributed by atoms with Crippen LogP contribution < -0.4 is 5.73 Å². The molecule has 5 heteroatoms. The third-order valence-electron chi connectivity index (χ3n) is 4.18. The second-order valence-electron chi connectivity index (χ2n) is 6.24. The molecule has 1 aliphatic rings. The van der Waals surface area contributed by atoms with Crippen molar-refractivity contribution in [3.63, 3.8) is 0 Å². The van der Waals surface area contributed by atoms with Gasteiger partial charge in [0.25, 0.3) is 0 Å². The van der Waals surface area contributed by atoms with Gasteiger partial charge in [-0.15, -0.1) is 0 Å². The van der Waals surface area contributed by atoms with Gasteiger partial charge in [0.15, 0.2) is 0 Å². The highest BCUT2D eigenvalue weighted by Crippen LogP contribution is 2.36.